The van der Waals surface area contributed by atoms with Gasteiger partial charge in [-0.1, -0.05) is 50.6 Å². The Kier molecular flexibility index (Phi) is 6.06. The largest absolute Gasteiger partial charge is 0.493 e. The lowest BCUT2D eigenvalue weighted by atomic mass is 9.95. The molecule has 2 aromatic rings. The molecule has 0 aromatic heterocycles. The van der Waals surface area contributed by atoms with Crippen LogP contribution in [0.25, 0.3) is 11.1 Å². The highest BCUT2D eigenvalue weighted by Gasteiger charge is 2.09. The van der Waals surface area contributed by atoms with Crippen LogP contribution < -0.4 is 4.74 Å². The molecule has 0 aliphatic carbocycles. The molecule has 0 aliphatic heterocycles. The van der Waals surface area contributed by atoms with Crippen LogP contribution in [0.5, 0.6) is 5.75 Å². The van der Waals surface area contributed by atoms with Crippen molar-refractivity contribution < 1.29 is 4.74 Å². The smallest absolute Gasteiger partial charge is 0.122 e. The van der Waals surface area contributed by atoms with Crippen molar-refractivity contribution >= 4 is 0 Å². The topological polar surface area (TPSA) is 9.23 Å². The van der Waals surface area contributed by atoms with Crippen LogP contribution in [0.2, 0.25) is 0 Å². The van der Waals surface area contributed by atoms with Crippen LogP contribution in [0.1, 0.15) is 49.8 Å². The van der Waals surface area contributed by atoms with Gasteiger partial charge in [0.25, 0.3) is 0 Å². The zero-order valence-electron chi connectivity index (χ0n) is 14.4. The Hall–Kier alpha value is -1.76. The maximum Gasteiger partial charge on any atom is 0.122 e. The highest BCUT2D eigenvalue weighted by Crippen LogP contribution is 2.31. The number of hydrogen-bond acceptors (Lipinski definition) is 1. The minimum atomic E-state index is 0.783. The number of aryl methyl sites for hydroxylation is 1. The highest BCUT2D eigenvalue weighted by molar-refractivity contribution is 5.70. The van der Waals surface area contributed by atoms with Gasteiger partial charge in [-0.3, -0.25) is 0 Å². The molecule has 0 spiro atoms. The van der Waals surface area contributed by atoms with Gasteiger partial charge in [-0.2, -0.15) is 0 Å². The van der Waals surface area contributed by atoms with E-state index in [4.69, 9.17) is 4.74 Å². The van der Waals surface area contributed by atoms with E-state index >= 15 is 0 Å². The number of ether oxygens (including phenoxy) is 1. The van der Waals surface area contributed by atoms with Gasteiger partial charge in [-0.05, 0) is 67.0 Å². The molecular formula is C21H28O. The van der Waals surface area contributed by atoms with E-state index in [1.165, 1.54) is 47.1 Å². The normalized spacial score (nSPS) is 10.7. The van der Waals surface area contributed by atoms with Crippen molar-refractivity contribution in [3.8, 4) is 16.9 Å². The predicted octanol–water partition coefficient (Wildman–Crippen LogP) is 6.10. The molecule has 1 heteroatoms. The van der Waals surface area contributed by atoms with Crippen molar-refractivity contribution in [2.75, 3.05) is 6.61 Å². The molecule has 118 valence electrons. The van der Waals surface area contributed by atoms with Crippen molar-refractivity contribution in [1.29, 1.82) is 0 Å². The SMILES string of the molecule is CCCCc1ccc(-c2ccc(OCCC)c(C)c2C)cc1. The van der Waals surface area contributed by atoms with E-state index in [1.54, 1.807) is 0 Å². The summed E-state index contributed by atoms with van der Waals surface area (Å²) in [5.74, 6) is 1.02. The summed E-state index contributed by atoms with van der Waals surface area (Å²) in [6, 6.07) is 13.3. The van der Waals surface area contributed by atoms with E-state index in [0.29, 0.717) is 0 Å². The van der Waals surface area contributed by atoms with E-state index in [9.17, 15) is 0 Å². The second-order valence-electron chi connectivity index (χ2n) is 6.01. The molecule has 0 radical (unpaired) electrons. The maximum absolute atomic E-state index is 5.82. The van der Waals surface area contributed by atoms with Crippen LogP contribution in [0, 0.1) is 13.8 Å². The molecular weight excluding hydrogens is 268 g/mol. The van der Waals surface area contributed by atoms with Gasteiger partial charge in [-0.25, -0.2) is 0 Å². The quantitative estimate of drug-likeness (QED) is 0.599. The monoisotopic (exact) mass is 296 g/mol. The Balaban J connectivity index is 2.23. The van der Waals surface area contributed by atoms with E-state index in [0.717, 1.165) is 18.8 Å². The molecule has 1 nitrogen and oxygen atoms in total. The summed E-state index contributed by atoms with van der Waals surface area (Å²) >= 11 is 0. The van der Waals surface area contributed by atoms with Crippen LogP contribution in [0.4, 0.5) is 0 Å². The standard InChI is InChI=1S/C21H28O/c1-5-7-8-18-9-11-19(12-10-18)20-13-14-21(22-15-6-2)17(4)16(20)3/h9-14H,5-8,15H2,1-4H3. The summed E-state index contributed by atoms with van der Waals surface area (Å²) in [5, 5.41) is 0. The lowest BCUT2D eigenvalue weighted by Crippen LogP contribution is -1.99. The molecule has 0 heterocycles. The molecule has 0 bridgehead atoms. The fourth-order valence-corrected chi connectivity index (χ4v) is 2.71. The number of rotatable bonds is 7. The average molecular weight is 296 g/mol. The summed E-state index contributed by atoms with van der Waals surface area (Å²) in [6.45, 7) is 9.50. The second-order valence-corrected chi connectivity index (χ2v) is 6.01. The molecule has 0 amide bonds. The Labute approximate surface area is 135 Å². The van der Waals surface area contributed by atoms with Crippen LogP contribution in [-0.2, 0) is 6.42 Å². The van der Waals surface area contributed by atoms with E-state index in [1.807, 2.05) is 0 Å². The van der Waals surface area contributed by atoms with Crippen LogP contribution in [0.3, 0.4) is 0 Å². The average Bonchev–Trinajstić information content (AvgIpc) is 2.55. The van der Waals surface area contributed by atoms with Crippen LogP contribution in [0.15, 0.2) is 36.4 Å². The van der Waals surface area contributed by atoms with Gasteiger partial charge in [-0.15, -0.1) is 0 Å². The fraction of sp³-hybridized carbons (Fsp3) is 0.429. The van der Waals surface area contributed by atoms with E-state index < -0.39 is 0 Å². The van der Waals surface area contributed by atoms with Crippen molar-refractivity contribution in [2.45, 2.75) is 53.4 Å². The third kappa shape index (κ3) is 3.91. The van der Waals surface area contributed by atoms with Gasteiger partial charge in [0.15, 0.2) is 0 Å². The third-order valence-corrected chi connectivity index (χ3v) is 4.28. The van der Waals surface area contributed by atoms with Gasteiger partial charge in [0.2, 0.25) is 0 Å². The van der Waals surface area contributed by atoms with E-state index in [2.05, 4.69) is 64.1 Å². The van der Waals surface area contributed by atoms with Gasteiger partial charge in [0.1, 0.15) is 5.75 Å². The zero-order chi connectivity index (χ0) is 15.9. The Bertz CT molecular complexity index is 596. The molecule has 0 atom stereocenters. The number of unbranched alkanes of at least 4 members (excludes halogenated alkanes) is 1. The summed E-state index contributed by atoms with van der Waals surface area (Å²) in [5.41, 5.74) is 6.60. The van der Waals surface area contributed by atoms with Gasteiger partial charge >= 0.3 is 0 Å². The summed E-state index contributed by atoms with van der Waals surface area (Å²) in [4.78, 5) is 0. The molecule has 2 rings (SSSR count). The molecule has 0 N–H and O–H groups in total. The molecule has 22 heavy (non-hydrogen) atoms. The summed E-state index contributed by atoms with van der Waals surface area (Å²) in [7, 11) is 0. The minimum Gasteiger partial charge on any atom is -0.493 e. The Morgan fingerprint density at radius 2 is 1.55 bits per heavy atom. The molecule has 2 aromatic carbocycles. The maximum atomic E-state index is 5.82. The molecule has 0 unspecified atom stereocenters. The van der Waals surface area contributed by atoms with Crippen molar-refractivity contribution in [2.24, 2.45) is 0 Å². The van der Waals surface area contributed by atoms with Crippen LogP contribution >= 0.6 is 0 Å². The first-order valence-corrected chi connectivity index (χ1v) is 8.49. The fourth-order valence-electron chi connectivity index (χ4n) is 2.71. The third-order valence-electron chi connectivity index (χ3n) is 4.28. The van der Waals surface area contributed by atoms with Crippen molar-refractivity contribution in [3.05, 3.63) is 53.1 Å². The van der Waals surface area contributed by atoms with Gasteiger partial charge in [0.05, 0.1) is 6.61 Å². The second kappa shape index (κ2) is 8.03. The first-order chi connectivity index (χ1) is 10.7. The van der Waals surface area contributed by atoms with Crippen molar-refractivity contribution in [3.63, 3.8) is 0 Å². The van der Waals surface area contributed by atoms with Gasteiger partial charge < -0.3 is 4.74 Å². The van der Waals surface area contributed by atoms with Crippen LogP contribution in [-0.4, -0.2) is 6.61 Å². The highest BCUT2D eigenvalue weighted by atomic mass is 16.5. The lowest BCUT2D eigenvalue weighted by molar-refractivity contribution is 0.315. The summed E-state index contributed by atoms with van der Waals surface area (Å²) in [6.07, 6.45) is 4.73. The number of benzene rings is 2. The summed E-state index contributed by atoms with van der Waals surface area (Å²) < 4.78 is 5.82. The lowest BCUT2D eigenvalue weighted by Gasteiger charge is -2.14. The molecule has 0 aliphatic rings. The van der Waals surface area contributed by atoms with E-state index in [-0.39, 0.29) is 0 Å². The predicted molar refractivity (Wildman–Crippen MR) is 95.8 cm³/mol. The first kappa shape index (κ1) is 16.6. The molecule has 0 fully saturated rings. The van der Waals surface area contributed by atoms with Crippen molar-refractivity contribution in [1.82, 2.24) is 0 Å². The Morgan fingerprint density at radius 1 is 0.818 bits per heavy atom. The first-order valence-electron chi connectivity index (χ1n) is 8.49. The zero-order valence-corrected chi connectivity index (χ0v) is 14.4. The Morgan fingerprint density at radius 3 is 2.18 bits per heavy atom. The number of hydrogen-bond donors (Lipinski definition) is 0. The molecule has 0 saturated heterocycles. The molecule has 0 saturated carbocycles. The minimum absolute atomic E-state index is 0.783. The van der Waals surface area contributed by atoms with Gasteiger partial charge in [0, 0.05) is 0 Å².